The molecule has 3 aliphatic rings. The number of ether oxygens (including phenoxy) is 4. The summed E-state index contributed by atoms with van der Waals surface area (Å²) in [5.41, 5.74) is -1.24. The van der Waals surface area contributed by atoms with Crippen molar-refractivity contribution in [1.82, 2.24) is 0 Å². The fraction of sp³-hybridized carbons (Fsp3) is 0.593. The largest absolute Gasteiger partial charge is 0.461 e. The molecule has 0 aromatic heterocycles. The van der Waals surface area contributed by atoms with Crippen molar-refractivity contribution in [2.75, 3.05) is 6.61 Å². The molecule has 0 spiro atoms. The fourth-order valence-electron chi connectivity index (χ4n) is 5.43. The van der Waals surface area contributed by atoms with Crippen LogP contribution in [-0.4, -0.2) is 54.6 Å². The number of hydrogen-bond donors (Lipinski definition) is 0. The summed E-state index contributed by atoms with van der Waals surface area (Å²) in [6.07, 6.45) is 1.70. The molecule has 1 aliphatic heterocycles. The molecule has 0 amide bonds. The molecule has 196 valence electrons. The molecule has 36 heavy (non-hydrogen) atoms. The van der Waals surface area contributed by atoms with Crippen LogP contribution in [0.5, 0.6) is 0 Å². The van der Waals surface area contributed by atoms with Gasteiger partial charge in [-0.1, -0.05) is 39.5 Å². The maximum absolute atomic E-state index is 13.3. The van der Waals surface area contributed by atoms with Crippen molar-refractivity contribution in [3.05, 3.63) is 36.0 Å². The zero-order valence-electron chi connectivity index (χ0n) is 21.6. The van der Waals surface area contributed by atoms with E-state index in [9.17, 15) is 24.0 Å². The number of ketones is 1. The Hall–Kier alpha value is -3.23. The van der Waals surface area contributed by atoms with E-state index < -0.39 is 65.4 Å². The Morgan fingerprint density at radius 3 is 2.47 bits per heavy atom. The number of carbonyl (C=O) groups excluding carboxylic acids is 5. The molecule has 0 radical (unpaired) electrons. The van der Waals surface area contributed by atoms with Crippen molar-refractivity contribution in [3.63, 3.8) is 0 Å². The molecule has 9 nitrogen and oxygen atoms in total. The first-order valence-electron chi connectivity index (χ1n) is 12.1. The number of carbonyl (C=O) groups is 5. The van der Waals surface area contributed by atoms with Gasteiger partial charge in [0, 0.05) is 24.8 Å². The summed E-state index contributed by atoms with van der Waals surface area (Å²) in [5, 5.41) is 0. The van der Waals surface area contributed by atoms with Gasteiger partial charge in [0.15, 0.2) is 5.78 Å². The van der Waals surface area contributed by atoms with Gasteiger partial charge in [-0.2, -0.15) is 0 Å². The predicted octanol–water partition coefficient (Wildman–Crippen LogP) is 2.87. The third-order valence-corrected chi connectivity index (χ3v) is 7.38. The van der Waals surface area contributed by atoms with E-state index in [0.717, 1.165) is 0 Å². The highest BCUT2D eigenvalue weighted by atomic mass is 16.6. The van der Waals surface area contributed by atoms with Crippen LogP contribution in [0.4, 0.5) is 0 Å². The van der Waals surface area contributed by atoms with Crippen LogP contribution in [0.3, 0.4) is 0 Å². The highest BCUT2D eigenvalue weighted by Gasteiger charge is 2.65. The SMILES string of the molecule is C=C1C(=O)OC2C(C)C3C=CC(=O)C3(C)C(OC(=O)C(=CC)COC(C)=O)C1C2OC(=O)CC(C)C. The van der Waals surface area contributed by atoms with Crippen molar-refractivity contribution < 1.29 is 42.9 Å². The molecule has 0 N–H and O–H groups in total. The molecule has 0 aromatic rings. The second-order valence-electron chi connectivity index (χ2n) is 10.3. The molecular weight excluding hydrogens is 468 g/mol. The number of allylic oxidation sites excluding steroid dienone is 3. The van der Waals surface area contributed by atoms with Gasteiger partial charge in [0.25, 0.3) is 0 Å². The maximum atomic E-state index is 13.3. The minimum absolute atomic E-state index is 0.0276. The minimum atomic E-state index is -1.27. The van der Waals surface area contributed by atoms with Gasteiger partial charge in [0.05, 0.1) is 16.9 Å². The first-order valence-corrected chi connectivity index (χ1v) is 12.1. The van der Waals surface area contributed by atoms with E-state index in [0.29, 0.717) is 0 Å². The molecule has 3 rings (SSSR count). The van der Waals surface area contributed by atoms with Gasteiger partial charge in [0.2, 0.25) is 0 Å². The Balaban J connectivity index is 2.09. The Bertz CT molecular complexity index is 1040. The molecule has 7 unspecified atom stereocenters. The average Bonchev–Trinajstić information content (AvgIpc) is 3.07. The first-order chi connectivity index (χ1) is 16.8. The lowest BCUT2D eigenvalue weighted by atomic mass is 9.67. The third-order valence-electron chi connectivity index (χ3n) is 7.38. The molecule has 1 heterocycles. The highest BCUT2D eigenvalue weighted by Crippen LogP contribution is 2.55. The standard InChI is InChI=1S/C27H34O9/c1-8-17(12-33-16(6)28)26(32)36-24-21-15(5)25(31)35-22(23(21)34-20(30)11-13(2)3)14(4)18-9-10-19(29)27(18,24)7/h8-10,13-14,18,21-24H,5,11-12H2,1-4,6-7H3. The van der Waals surface area contributed by atoms with Gasteiger partial charge in [0.1, 0.15) is 24.9 Å². The second kappa shape index (κ2) is 10.4. The zero-order valence-corrected chi connectivity index (χ0v) is 21.6. The number of rotatable bonds is 7. The van der Waals surface area contributed by atoms with E-state index in [4.69, 9.17) is 18.9 Å². The first kappa shape index (κ1) is 27.4. The van der Waals surface area contributed by atoms with Gasteiger partial charge >= 0.3 is 23.9 Å². The molecule has 2 fully saturated rings. The molecule has 9 heteroatoms. The van der Waals surface area contributed by atoms with E-state index >= 15 is 0 Å². The van der Waals surface area contributed by atoms with Crippen molar-refractivity contribution in [3.8, 4) is 0 Å². The van der Waals surface area contributed by atoms with E-state index in [1.165, 1.54) is 19.1 Å². The summed E-state index contributed by atoms with van der Waals surface area (Å²) in [4.78, 5) is 63.4. The van der Waals surface area contributed by atoms with Gasteiger partial charge in [-0.3, -0.25) is 14.4 Å². The normalized spacial score (nSPS) is 33.5. The maximum Gasteiger partial charge on any atom is 0.337 e. The quantitative estimate of drug-likeness (QED) is 0.294. The van der Waals surface area contributed by atoms with Crippen molar-refractivity contribution in [1.29, 1.82) is 0 Å². The lowest BCUT2D eigenvalue weighted by Gasteiger charge is -2.42. The predicted molar refractivity (Wildman–Crippen MR) is 127 cm³/mol. The zero-order chi connectivity index (χ0) is 26.9. The summed E-state index contributed by atoms with van der Waals surface area (Å²) >= 11 is 0. The third kappa shape index (κ3) is 4.88. The summed E-state index contributed by atoms with van der Waals surface area (Å²) in [6, 6.07) is 0. The van der Waals surface area contributed by atoms with Crippen molar-refractivity contribution in [2.45, 2.75) is 66.3 Å². The lowest BCUT2D eigenvalue weighted by molar-refractivity contribution is -0.189. The van der Waals surface area contributed by atoms with E-state index in [1.54, 1.807) is 19.9 Å². The van der Waals surface area contributed by atoms with Crippen LogP contribution in [0.15, 0.2) is 36.0 Å². The van der Waals surface area contributed by atoms with Crippen LogP contribution in [0.1, 0.15) is 48.0 Å². The Morgan fingerprint density at radius 2 is 1.89 bits per heavy atom. The average molecular weight is 503 g/mol. The molecule has 0 aromatic carbocycles. The number of hydrogen-bond acceptors (Lipinski definition) is 9. The minimum Gasteiger partial charge on any atom is -0.461 e. The molecule has 7 atom stereocenters. The summed E-state index contributed by atoms with van der Waals surface area (Å²) in [7, 11) is 0. The summed E-state index contributed by atoms with van der Waals surface area (Å²) < 4.78 is 22.5. The van der Waals surface area contributed by atoms with Crippen LogP contribution in [0.2, 0.25) is 0 Å². The number of fused-ring (bicyclic) bond motifs is 3. The van der Waals surface area contributed by atoms with Gasteiger partial charge in [-0.05, 0) is 31.8 Å². The van der Waals surface area contributed by atoms with Crippen LogP contribution in [0.25, 0.3) is 0 Å². The fourth-order valence-corrected chi connectivity index (χ4v) is 5.43. The van der Waals surface area contributed by atoms with Gasteiger partial charge in [-0.15, -0.1) is 0 Å². The summed E-state index contributed by atoms with van der Waals surface area (Å²) in [5.74, 6) is -4.73. The second-order valence-corrected chi connectivity index (χ2v) is 10.3. The van der Waals surface area contributed by atoms with Crippen LogP contribution in [-0.2, 0) is 42.9 Å². The van der Waals surface area contributed by atoms with Gasteiger partial charge in [-0.25, -0.2) is 9.59 Å². The van der Waals surface area contributed by atoms with Crippen LogP contribution < -0.4 is 0 Å². The molecule has 1 saturated carbocycles. The van der Waals surface area contributed by atoms with E-state index in [1.807, 2.05) is 20.8 Å². The van der Waals surface area contributed by atoms with E-state index in [-0.39, 0.29) is 35.9 Å². The van der Waals surface area contributed by atoms with Gasteiger partial charge < -0.3 is 18.9 Å². The molecule has 2 aliphatic carbocycles. The highest BCUT2D eigenvalue weighted by molar-refractivity contribution is 5.99. The monoisotopic (exact) mass is 502 g/mol. The molecular formula is C27H34O9. The number of esters is 4. The lowest BCUT2D eigenvalue weighted by Crippen LogP contribution is -2.55. The Morgan fingerprint density at radius 1 is 1.22 bits per heavy atom. The molecule has 2 bridgehead atoms. The Labute approximate surface area is 210 Å². The van der Waals surface area contributed by atoms with Crippen LogP contribution in [0, 0.1) is 29.1 Å². The molecule has 1 saturated heterocycles. The smallest absolute Gasteiger partial charge is 0.337 e. The topological polar surface area (TPSA) is 122 Å². The van der Waals surface area contributed by atoms with Crippen molar-refractivity contribution >= 4 is 29.7 Å². The summed E-state index contributed by atoms with van der Waals surface area (Å²) in [6.45, 7) is 13.6. The Kier molecular flexibility index (Phi) is 7.91. The van der Waals surface area contributed by atoms with Crippen LogP contribution >= 0.6 is 0 Å². The van der Waals surface area contributed by atoms with E-state index in [2.05, 4.69) is 6.58 Å². The van der Waals surface area contributed by atoms with Crippen molar-refractivity contribution in [2.24, 2.45) is 29.1 Å².